The molecule has 0 bridgehead atoms. The smallest absolute Gasteiger partial charge is 0.330 e. The lowest BCUT2D eigenvalue weighted by molar-refractivity contribution is -0.285. The maximum atomic E-state index is 12.0. The fourth-order valence-electron chi connectivity index (χ4n) is 3.66. The van der Waals surface area contributed by atoms with Gasteiger partial charge in [-0.1, -0.05) is 0 Å². The van der Waals surface area contributed by atoms with Gasteiger partial charge in [0.1, 0.15) is 30.6 Å². The highest BCUT2D eigenvalue weighted by molar-refractivity contribution is 5.73. The Labute approximate surface area is 176 Å². The highest BCUT2D eigenvalue weighted by atomic mass is 16.7. The molecule has 31 heavy (non-hydrogen) atoms. The first kappa shape index (κ1) is 23.5. The molecule has 13 heteroatoms. The van der Waals surface area contributed by atoms with Crippen LogP contribution in [-0.4, -0.2) is 91.9 Å². The Bertz CT molecular complexity index is 901. The second kappa shape index (κ2) is 9.56. The van der Waals surface area contributed by atoms with Gasteiger partial charge in [0.2, 0.25) is 5.91 Å². The van der Waals surface area contributed by atoms with Gasteiger partial charge in [-0.3, -0.25) is 19.1 Å². The van der Waals surface area contributed by atoms with E-state index >= 15 is 0 Å². The summed E-state index contributed by atoms with van der Waals surface area (Å²) in [4.78, 5) is 37.1. The predicted octanol–water partition coefficient (Wildman–Crippen LogP) is -3.55. The summed E-state index contributed by atoms with van der Waals surface area (Å²) in [5.41, 5.74) is -0.899. The van der Waals surface area contributed by atoms with E-state index in [0.717, 1.165) is 4.57 Å². The van der Waals surface area contributed by atoms with E-state index in [2.05, 4.69) is 10.3 Å². The number of H-pyrrole nitrogens is 1. The summed E-state index contributed by atoms with van der Waals surface area (Å²) >= 11 is 0. The van der Waals surface area contributed by atoms with Gasteiger partial charge in [0.15, 0.2) is 6.29 Å². The number of aromatic amines is 1. The molecule has 3 rings (SSSR count). The average molecular weight is 445 g/mol. The first-order chi connectivity index (χ1) is 14.6. The van der Waals surface area contributed by atoms with Gasteiger partial charge in [-0.25, -0.2) is 4.79 Å². The van der Waals surface area contributed by atoms with E-state index in [9.17, 15) is 34.8 Å². The number of aliphatic hydroxyl groups excluding tert-OH is 4. The van der Waals surface area contributed by atoms with E-state index in [1.807, 2.05) is 0 Å². The van der Waals surface area contributed by atoms with Crippen LogP contribution in [0.3, 0.4) is 0 Å². The minimum Gasteiger partial charge on any atom is -0.394 e. The van der Waals surface area contributed by atoms with Crippen molar-refractivity contribution in [3.63, 3.8) is 0 Å². The van der Waals surface area contributed by atoms with Gasteiger partial charge in [-0.15, -0.1) is 0 Å². The topological polar surface area (TPSA) is 193 Å². The van der Waals surface area contributed by atoms with Crippen molar-refractivity contribution in [2.45, 2.75) is 69.3 Å². The zero-order chi connectivity index (χ0) is 22.9. The number of aryl methyl sites for hydroxylation is 1. The lowest BCUT2D eigenvalue weighted by atomic mass is 9.96. The zero-order valence-corrected chi connectivity index (χ0v) is 17.0. The van der Waals surface area contributed by atoms with Crippen molar-refractivity contribution < 1.29 is 39.4 Å². The largest absolute Gasteiger partial charge is 0.394 e. The normalized spacial score (nSPS) is 35.8. The summed E-state index contributed by atoms with van der Waals surface area (Å²) in [6, 6.07) is -1.14. The van der Waals surface area contributed by atoms with E-state index in [0.29, 0.717) is 5.56 Å². The summed E-state index contributed by atoms with van der Waals surface area (Å²) in [6.07, 6.45) is -6.63. The molecular weight excluding hydrogens is 418 g/mol. The Balaban J connectivity index is 1.66. The van der Waals surface area contributed by atoms with Gasteiger partial charge >= 0.3 is 5.69 Å². The number of hydrogen-bond acceptors (Lipinski definition) is 10. The van der Waals surface area contributed by atoms with Crippen LogP contribution < -0.4 is 16.6 Å². The first-order valence-electron chi connectivity index (χ1n) is 9.79. The van der Waals surface area contributed by atoms with Crippen molar-refractivity contribution in [2.24, 2.45) is 0 Å². The quantitative estimate of drug-likeness (QED) is 0.255. The summed E-state index contributed by atoms with van der Waals surface area (Å²) in [6.45, 7) is 1.91. The Morgan fingerprint density at radius 3 is 2.61 bits per heavy atom. The molecule has 174 valence electrons. The molecule has 0 saturated carbocycles. The van der Waals surface area contributed by atoms with Crippen LogP contribution in [-0.2, 0) is 19.0 Å². The van der Waals surface area contributed by atoms with Crippen LogP contribution in [0.4, 0.5) is 0 Å². The molecular formula is C18H27N3O10. The number of nitrogens with one attached hydrogen (secondary N) is 2. The molecule has 3 heterocycles. The van der Waals surface area contributed by atoms with Gasteiger partial charge in [0.25, 0.3) is 5.56 Å². The molecule has 8 atom stereocenters. The van der Waals surface area contributed by atoms with Gasteiger partial charge in [-0.05, 0) is 6.92 Å². The van der Waals surface area contributed by atoms with Crippen LogP contribution in [0.25, 0.3) is 0 Å². The van der Waals surface area contributed by atoms with E-state index in [1.54, 1.807) is 0 Å². The fraction of sp³-hybridized carbons (Fsp3) is 0.722. The molecule has 1 amide bonds. The summed E-state index contributed by atoms with van der Waals surface area (Å²) in [5, 5.41) is 42.7. The molecule has 1 aromatic rings. The second-order valence-corrected chi connectivity index (χ2v) is 7.68. The lowest BCUT2D eigenvalue weighted by Gasteiger charge is -2.42. The number of carbonyl (C=O) groups is 1. The number of nitrogens with zero attached hydrogens (tertiary/aromatic N) is 1. The lowest BCUT2D eigenvalue weighted by Crippen LogP contribution is -2.65. The van der Waals surface area contributed by atoms with Crippen LogP contribution >= 0.6 is 0 Å². The monoisotopic (exact) mass is 445 g/mol. The highest BCUT2D eigenvalue weighted by Crippen LogP contribution is 2.29. The van der Waals surface area contributed by atoms with Crippen molar-refractivity contribution >= 4 is 5.91 Å². The maximum Gasteiger partial charge on any atom is 0.330 e. The molecule has 1 aromatic heterocycles. The molecule has 2 saturated heterocycles. The third-order valence-corrected chi connectivity index (χ3v) is 5.34. The van der Waals surface area contributed by atoms with Gasteiger partial charge < -0.3 is 40.0 Å². The first-order valence-corrected chi connectivity index (χ1v) is 9.79. The summed E-state index contributed by atoms with van der Waals surface area (Å²) < 4.78 is 17.7. The zero-order valence-electron chi connectivity index (χ0n) is 17.0. The number of hydrogen-bond donors (Lipinski definition) is 6. The summed E-state index contributed by atoms with van der Waals surface area (Å²) in [5.74, 6) is -0.500. The van der Waals surface area contributed by atoms with Crippen molar-refractivity contribution in [1.82, 2.24) is 14.9 Å². The minimum absolute atomic E-state index is 0.0555. The molecule has 0 spiro atoms. The van der Waals surface area contributed by atoms with E-state index in [-0.39, 0.29) is 13.0 Å². The SMILES string of the molecule is CC(=O)N[C@H]1[C@@H](O)[C@H](OC[C@H]2O[C@@H](n3cc(C)c(=O)[nH]c3=O)CC2O)O[C@H](CO)[C@H]1O. The van der Waals surface area contributed by atoms with Crippen molar-refractivity contribution in [2.75, 3.05) is 13.2 Å². The Hall–Kier alpha value is -2.13. The summed E-state index contributed by atoms with van der Waals surface area (Å²) in [7, 11) is 0. The Morgan fingerprint density at radius 2 is 1.97 bits per heavy atom. The van der Waals surface area contributed by atoms with Crippen molar-refractivity contribution in [3.8, 4) is 0 Å². The van der Waals surface area contributed by atoms with Crippen LogP contribution in [0.2, 0.25) is 0 Å². The Kier molecular flexibility index (Phi) is 7.26. The van der Waals surface area contributed by atoms with E-state index in [4.69, 9.17) is 14.2 Å². The number of aliphatic hydroxyl groups is 4. The van der Waals surface area contributed by atoms with E-state index in [1.165, 1.54) is 20.0 Å². The molecule has 6 N–H and O–H groups in total. The van der Waals surface area contributed by atoms with Crippen LogP contribution in [0.5, 0.6) is 0 Å². The highest BCUT2D eigenvalue weighted by Gasteiger charge is 2.46. The van der Waals surface area contributed by atoms with Crippen molar-refractivity contribution in [3.05, 3.63) is 32.6 Å². The standard InChI is InChI=1S/C18H27N3O10/c1-7-4-21(18(28)20-16(7)27)12-3-9(24)11(30-12)6-29-17-15(26)13(19-8(2)23)14(25)10(5-22)31-17/h4,9-15,17,22,24-26H,3,5-6H2,1-2H3,(H,19,23)(H,20,27,28)/t9?,10-,11-,12-,13-,14-,15-,17-/m1/s1. The predicted molar refractivity (Wildman–Crippen MR) is 102 cm³/mol. The number of amides is 1. The molecule has 2 aliphatic rings. The van der Waals surface area contributed by atoms with E-state index < -0.39 is 72.8 Å². The van der Waals surface area contributed by atoms with Gasteiger partial charge in [-0.2, -0.15) is 0 Å². The van der Waals surface area contributed by atoms with Crippen LogP contribution in [0.1, 0.15) is 25.1 Å². The molecule has 0 aliphatic carbocycles. The molecule has 1 unspecified atom stereocenters. The fourth-order valence-corrected chi connectivity index (χ4v) is 3.66. The second-order valence-electron chi connectivity index (χ2n) is 7.68. The van der Waals surface area contributed by atoms with Crippen LogP contribution in [0, 0.1) is 6.92 Å². The number of carbonyl (C=O) groups excluding carboxylic acids is 1. The average Bonchev–Trinajstić information content (AvgIpc) is 3.07. The molecule has 13 nitrogen and oxygen atoms in total. The Morgan fingerprint density at radius 1 is 1.26 bits per heavy atom. The molecule has 0 radical (unpaired) electrons. The number of ether oxygens (including phenoxy) is 3. The molecule has 0 aromatic carbocycles. The minimum atomic E-state index is -1.46. The number of aromatic nitrogens is 2. The number of rotatable bonds is 6. The maximum absolute atomic E-state index is 12.0. The third-order valence-electron chi connectivity index (χ3n) is 5.34. The third kappa shape index (κ3) is 5.03. The van der Waals surface area contributed by atoms with Gasteiger partial charge in [0.05, 0.1) is 25.4 Å². The van der Waals surface area contributed by atoms with Gasteiger partial charge in [0, 0.05) is 25.1 Å². The molecule has 2 fully saturated rings. The van der Waals surface area contributed by atoms with Crippen LogP contribution in [0.15, 0.2) is 15.8 Å². The van der Waals surface area contributed by atoms with Crippen molar-refractivity contribution in [1.29, 1.82) is 0 Å². The molecule has 2 aliphatic heterocycles.